The third kappa shape index (κ3) is 4.50. The molecule has 94 valence electrons. The quantitative estimate of drug-likeness (QED) is 0.775. The van der Waals surface area contributed by atoms with Crippen LogP contribution in [-0.2, 0) is 9.53 Å². The van der Waals surface area contributed by atoms with Gasteiger partial charge in [-0.2, -0.15) is 0 Å². The molecule has 1 unspecified atom stereocenters. The molecule has 1 amide bonds. The Morgan fingerprint density at radius 1 is 1.41 bits per heavy atom. The smallest absolute Gasteiger partial charge is 0.234 e. The zero-order valence-electron chi connectivity index (χ0n) is 10.00. The average Bonchev–Trinajstić information content (AvgIpc) is 2.32. The maximum absolute atomic E-state index is 12.7. The summed E-state index contributed by atoms with van der Waals surface area (Å²) in [7, 11) is 3.26. The molecule has 1 rings (SSSR count). The highest BCUT2D eigenvalue weighted by molar-refractivity contribution is 5.77. The lowest BCUT2D eigenvalue weighted by Gasteiger charge is -2.16. The van der Waals surface area contributed by atoms with Crippen LogP contribution in [-0.4, -0.2) is 33.2 Å². The second kappa shape index (κ2) is 6.98. The third-order valence-corrected chi connectivity index (χ3v) is 2.35. The molecular weight excluding hydrogens is 223 g/mol. The third-order valence-electron chi connectivity index (χ3n) is 2.35. The van der Waals surface area contributed by atoms with Crippen LogP contribution in [0.3, 0.4) is 0 Å². The number of benzene rings is 1. The molecule has 4 nitrogen and oxygen atoms in total. The van der Waals surface area contributed by atoms with Crippen LogP contribution in [0.15, 0.2) is 24.3 Å². The molecule has 17 heavy (non-hydrogen) atoms. The van der Waals surface area contributed by atoms with E-state index >= 15 is 0 Å². The van der Waals surface area contributed by atoms with Crippen molar-refractivity contribution in [3.05, 3.63) is 35.6 Å². The van der Waals surface area contributed by atoms with E-state index in [1.165, 1.54) is 12.1 Å². The number of nitrogens with one attached hydrogen (secondary N) is 2. The normalized spacial score (nSPS) is 12.2. The predicted octanol–water partition coefficient (Wildman–Crippen LogP) is 0.849. The Morgan fingerprint density at radius 3 is 2.59 bits per heavy atom. The van der Waals surface area contributed by atoms with E-state index in [9.17, 15) is 9.18 Å². The minimum absolute atomic E-state index is 0.100. The number of amides is 1. The van der Waals surface area contributed by atoms with Crippen LogP contribution in [0.1, 0.15) is 11.7 Å². The molecule has 2 N–H and O–H groups in total. The Kier molecular flexibility index (Phi) is 5.59. The highest BCUT2D eigenvalue weighted by Gasteiger charge is 2.11. The Labute approximate surface area is 100 Å². The Balaban J connectivity index is 2.54. The fourth-order valence-electron chi connectivity index (χ4n) is 1.44. The number of halogens is 1. The van der Waals surface area contributed by atoms with Crippen molar-refractivity contribution >= 4 is 5.91 Å². The lowest BCUT2D eigenvalue weighted by Crippen LogP contribution is -2.35. The van der Waals surface area contributed by atoms with Crippen molar-refractivity contribution in [1.29, 1.82) is 0 Å². The van der Waals surface area contributed by atoms with Gasteiger partial charge in [0, 0.05) is 13.7 Å². The molecule has 0 aromatic heterocycles. The first-order valence-corrected chi connectivity index (χ1v) is 5.37. The van der Waals surface area contributed by atoms with Crippen molar-refractivity contribution < 1.29 is 13.9 Å². The van der Waals surface area contributed by atoms with Crippen LogP contribution < -0.4 is 10.6 Å². The molecule has 0 aliphatic carbocycles. The second-order valence-corrected chi connectivity index (χ2v) is 3.61. The van der Waals surface area contributed by atoms with E-state index < -0.39 is 0 Å². The van der Waals surface area contributed by atoms with E-state index in [0.717, 1.165) is 5.56 Å². The van der Waals surface area contributed by atoms with Gasteiger partial charge in [0.15, 0.2) is 0 Å². The molecule has 5 heteroatoms. The summed E-state index contributed by atoms with van der Waals surface area (Å²) in [5.41, 5.74) is 0.832. The maximum Gasteiger partial charge on any atom is 0.234 e. The molecule has 0 bridgehead atoms. The standard InChI is InChI=1S/C12H17FN2O2/c1-14-8-12(16)15-7-11(17-2)9-3-5-10(13)6-4-9/h3-6,11,14H,7-8H2,1-2H3,(H,15,16). The van der Waals surface area contributed by atoms with Gasteiger partial charge in [-0.1, -0.05) is 12.1 Å². The van der Waals surface area contributed by atoms with E-state index in [0.29, 0.717) is 6.54 Å². The van der Waals surface area contributed by atoms with Crippen molar-refractivity contribution in [2.45, 2.75) is 6.10 Å². The molecule has 0 heterocycles. The zero-order chi connectivity index (χ0) is 12.7. The number of ether oxygens (including phenoxy) is 1. The van der Waals surface area contributed by atoms with Crippen LogP contribution in [0.4, 0.5) is 4.39 Å². The number of carbonyl (C=O) groups excluding carboxylic acids is 1. The Hall–Kier alpha value is -1.46. The van der Waals surface area contributed by atoms with Gasteiger partial charge in [0.1, 0.15) is 5.82 Å². The van der Waals surface area contributed by atoms with E-state index in [1.807, 2.05) is 0 Å². The Morgan fingerprint density at radius 2 is 2.06 bits per heavy atom. The highest BCUT2D eigenvalue weighted by Crippen LogP contribution is 2.15. The number of carbonyl (C=O) groups is 1. The van der Waals surface area contributed by atoms with Gasteiger partial charge in [-0.15, -0.1) is 0 Å². The van der Waals surface area contributed by atoms with Crippen LogP contribution >= 0.6 is 0 Å². The van der Waals surface area contributed by atoms with Crippen molar-refractivity contribution in [3.63, 3.8) is 0 Å². The van der Waals surface area contributed by atoms with Crippen LogP contribution in [0.2, 0.25) is 0 Å². The van der Waals surface area contributed by atoms with Gasteiger partial charge >= 0.3 is 0 Å². The topological polar surface area (TPSA) is 50.4 Å². The van der Waals surface area contributed by atoms with E-state index in [2.05, 4.69) is 10.6 Å². The molecule has 0 spiro atoms. The Bertz CT molecular complexity index is 354. The van der Waals surface area contributed by atoms with Gasteiger partial charge in [0.05, 0.1) is 12.6 Å². The lowest BCUT2D eigenvalue weighted by atomic mass is 10.1. The monoisotopic (exact) mass is 240 g/mol. The number of hydrogen-bond acceptors (Lipinski definition) is 3. The summed E-state index contributed by atoms with van der Waals surface area (Å²) in [6, 6.07) is 6.04. The SMILES string of the molecule is CNCC(=O)NCC(OC)c1ccc(F)cc1. The lowest BCUT2D eigenvalue weighted by molar-refractivity contribution is -0.120. The molecule has 1 atom stereocenters. The first kappa shape index (κ1) is 13.6. The molecule has 1 aromatic rings. The largest absolute Gasteiger partial charge is 0.375 e. The summed E-state index contributed by atoms with van der Waals surface area (Å²) in [5, 5.41) is 5.48. The van der Waals surface area contributed by atoms with Gasteiger partial charge in [-0.05, 0) is 24.7 Å². The maximum atomic E-state index is 12.7. The molecular formula is C12H17FN2O2. The molecule has 0 saturated heterocycles. The van der Waals surface area contributed by atoms with Crippen LogP contribution in [0.25, 0.3) is 0 Å². The van der Waals surface area contributed by atoms with E-state index in [-0.39, 0.29) is 24.4 Å². The fraction of sp³-hybridized carbons (Fsp3) is 0.417. The summed E-state index contributed by atoms with van der Waals surface area (Å²) in [6.45, 7) is 0.627. The molecule has 0 radical (unpaired) electrons. The molecule has 1 aromatic carbocycles. The molecule has 0 fully saturated rings. The van der Waals surface area contributed by atoms with Gasteiger partial charge in [0.2, 0.25) is 5.91 Å². The van der Waals surface area contributed by atoms with Crippen molar-refractivity contribution in [2.24, 2.45) is 0 Å². The van der Waals surface area contributed by atoms with Crippen LogP contribution in [0.5, 0.6) is 0 Å². The fourth-order valence-corrected chi connectivity index (χ4v) is 1.44. The molecule has 0 aliphatic heterocycles. The first-order valence-electron chi connectivity index (χ1n) is 5.37. The summed E-state index contributed by atoms with van der Waals surface area (Å²) in [4.78, 5) is 11.3. The van der Waals surface area contributed by atoms with Crippen molar-refractivity contribution in [3.8, 4) is 0 Å². The van der Waals surface area contributed by atoms with Gasteiger partial charge in [-0.25, -0.2) is 4.39 Å². The number of hydrogen-bond donors (Lipinski definition) is 2. The second-order valence-electron chi connectivity index (χ2n) is 3.61. The summed E-state index contributed by atoms with van der Waals surface area (Å²) in [5.74, 6) is -0.389. The summed E-state index contributed by atoms with van der Waals surface area (Å²) >= 11 is 0. The number of rotatable bonds is 6. The zero-order valence-corrected chi connectivity index (χ0v) is 10.00. The summed E-state index contributed by atoms with van der Waals surface area (Å²) in [6.07, 6.45) is -0.267. The van der Waals surface area contributed by atoms with E-state index in [1.54, 1.807) is 26.3 Å². The van der Waals surface area contributed by atoms with E-state index in [4.69, 9.17) is 4.74 Å². The number of likely N-dealkylation sites (N-methyl/N-ethyl adjacent to an activating group) is 1. The first-order chi connectivity index (χ1) is 8.17. The van der Waals surface area contributed by atoms with Crippen LogP contribution in [0, 0.1) is 5.82 Å². The van der Waals surface area contributed by atoms with Gasteiger partial charge < -0.3 is 15.4 Å². The van der Waals surface area contributed by atoms with Crippen molar-refractivity contribution in [2.75, 3.05) is 27.2 Å². The molecule has 0 saturated carbocycles. The predicted molar refractivity (Wildman–Crippen MR) is 63.1 cm³/mol. The van der Waals surface area contributed by atoms with Gasteiger partial charge in [-0.3, -0.25) is 4.79 Å². The molecule has 0 aliphatic rings. The highest BCUT2D eigenvalue weighted by atomic mass is 19.1. The number of methoxy groups -OCH3 is 1. The average molecular weight is 240 g/mol. The van der Waals surface area contributed by atoms with Gasteiger partial charge in [0.25, 0.3) is 0 Å². The minimum atomic E-state index is -0.289. The summed E-state index contributed by atoms with van der Waals surface area (Å²) < 4.78 is 18.0. The van der Waals surface area contributed by atoms with Crippen molar-refractivity contribution in [1.82, 2.24) is 10.6 Å². The minimum Gasteiger partial charge on any atom is -0.375 e.